The van der Waals surface area contributed by atoms with Crippen molar-refractivity contribution in [2.24, 2.45) is 12.8 Å². The molecule has 6 heteroatoms. The van der Waals surface area contributed by atoms with E-state index in [0.29, 0.717) is 6.54 Å². The fourth-order valence-electron chi connectivity index (χ4n) is 1.85. The molecular formula is C10H19ClN4O. The van der Waals surface area contributed by atoms with Gasteiger partial charge < -0.3 is 10.5 Å². The number of ether oxygens (including phenoxy) is 1. The summed E-state index contributed by atoms with van der Waals surface area (Å²) in [5.74, 6) is 0. The molecule has 2 rings (SSSR count). The topological polar surface area (TPSA) is 56.3 Å². The summed E-state index contributed by atoms with van der Waals surface area (Å²) in [5.41, 5.74) is 6.83. The average Bonchev–Trinajstić information content (AvgIpc) is 2.65. The summed E-state index contributed by atoms with van der Waals surface area (Å²) in [6, 6.07) is 2.05. The van der Waals surface area contributed by atoms with Gasteiger partial charge in [-0.25, -0.2) is 0 Å². The van der Waals surface area contributed by atoms with Gasteiger partial charge in [-0.05, 0) is 6.07 Å². The van der Waals surface area contributed by atoms with Gasteiger partial charge in [0, 0.05) is 39.4 Å². The zero-order valence-corrected chi connectivity index (χ0v) is 10.3. The van der Waals surface area contributed by atoms with Gasteiger partial charge >= 0.3 is 0 Å². The van der Waals surface area contributed by atoms with Crippen molar-refractivity contribution in [1.29, 1.82) is 0 Å². The van der Waals surface area contributed by atoms with Crippen LogP contribution < -0.4 is 5.73 Å². The van der Waals surface area contributed by atoms with E-state index >= 15 is 0 Å². The van der Waals surface area contributed by atoms with Crippen molar-refractivity contribution in [3.63, 3.8) is 0 Å². The van der Waals surface area contributed by atoms with Crippen molar-refractivity contribution < 1.29 is 4.74 Å². The quantitative estimate of drug-likeness (QED) is 0.816. The lowest BCUT2D eigenvalue weighted by molar-refractivity contribution is -0.0267. The van der Waals surface area contributed by atoms with Crippen LogP contribution in [0.5, 0.6) is 0 Å². The van der Waals surface area contributed by atoms with E-state index in [4.69, 9.17) is 10.5 Å². The minimum atomic E-state index is 0. The van der Waals surface area contributed by atoms with Gasteiger partial charge in [0.1, 0.15) is 0 Å². The van der Waals surface area contributed by atoms with Crippen LogP contribution in [0.4, 0.5) is 0 Å². The van der Waals surface area contributed by atoms with Crippen LogP contribution in [0.1, 0.15) is 5.69 Å². The van der Waals surface area contributed by atoms with Crippen molar-refractivity contribution in [3.05, 3.63) is 18.0 Å². The van der Waals surface area contributed by atoms with Crippen LogP contribution >= 0.6 is 12.4 Å². The van der Waals surface area contributed by atoms with E-state index < -0.39 is 0 Å². The predicted molar refractivity (Wildman–Crippen MR) is 64.5 cm³/mol. The molecule has 0 radical (unpaired) electrons. The van der Waals surface area contributed by atoms with E-state index in [1.54, 1.807) is 0 Å². The van der Waals surface area contributed by atoms with E-state index in [1.165, 1.54) is 5.69 Å². The minimum absolute atomic E-state index is 0. The highest BCUT2D eigenvalue weighted by Gasteiger charge is 2.19. The van der Waals surface area contributed by atoms with Crippen LogP contribution in [0.2, 0.25) is 0 Å². The number of aromatic nitrogens is 2. The van der Waals surface area contributed by atoms with Crippen molar-refractivity contribution in [2.45, 2.75) is 12.6 Å². The molecule has 5 nitrogen and oxygen atoms in total. The molecule has 1 aliphatic heterocycles. The van der Waals surface area contributed by atoms with E-state index in [-0.39, 0.29) is 18.5 Å². The molecule has 16 heavy (non-hydrogen) atoms. The van der Waals surface area contributed by atoms with Crippen LogP contribution in [-0.4, -0.2) is 47.0 Å². The van der Waals surface area contributed by atoms with Crippen LogP contribution in [-0.2, 0) is 18.3 Å². The van der Waals surface area contributed by atoms with Gasteiger partial charge in [-0.2, -0.15) is 5.10 Å². The first kappa shape index (κ1) is 13.4. The zero-order chi connectivity index (χ0) is 10.7. The lowest BCUT2D eigenvalue weighted by atomic mass is 10.2. The predicted octanol–water partition coefficient (Wildman–Crippen LogP) is 0.00140. The molecule has 0 aromatic carbocycles. The molecule has 2 N–H and O–H groups in total. The number of rotatable bonds is 3. The van der Waals surface area contributed by atoms with E-state index in [9.17, 15) is 0 Å². The van der Waals surface area contributed by atoms with E-state index in [2.05, 4.69) is 10.00 Å². The van der Waals surface area contributed by atoms with Gasteiger partial charge in [0.2, 0.25) is 0 Å². The standard InChI is InChI=1S/C10H18N4O.ClH/c1-13-9(2-3-12-13)7-14-4-5-15-10(6-11)8-14;/h2-3,10H,4-8,11H2,1H3;1H. The first-order valence-electron chi connectivity index (χ1n) is 5.30. The highest BCUT2D eigenvalue weighted by atomic mass is 35.5. The van der Waals surface area contributed by atoms with Crippen molar-refractivity contribution in [3.8, 4) is 0 Å². The first-order valence-corrected chi connectivity index (χ1v) is 5.30. The highest BCUT2D eigenvalue weighted by Crippen LogP contribution is 2.08. The van der Waals surface area contributed by atoms with Crippen LogP contribution in [0, 0.1) is 0 Å². The Morgan fingerprint density at radius 3 is 3.06 bits per heavy atom. The van der Waals surface area contributed by atoms with Gasteiger partial charge in [-0.1, -0.05) is 0 Å². The molecule has 1 saturated heterocycles. The monoisotopic (exact) mass is 246 g/mol. The number of aryl methyl sites for hydroxylation is 1. The molecule has 1 atom stereocenters. The van der Waals surface area contributed by atoms with Crippen molar-refractivity contribution in [2.75, 3.05) is 26.2 Å². The summed E-state index contributed by atoms with van der Waals surface area (Å²) in [6.45, 7) is 4.20. The van der Waals surface area contributed by atoms with Gasteiger partial charge in [0.25, 0.3) is 0 Å². The third-order valence-corrected chi connectivity index (χ3v) is 2.79. The maximum atomic E-state index is 5.60. The number of halogens is 1. The SMILES string of the molecule is Cl.Cn1nccc1CN1CCOC(CN)C1. The maximum Gasteiger partial charge on any atom is 0.0824 e. The van der Waals surface area contributed by atoms with Crippen molar-refractivity contribution in [1.82, 2.24) is 14.7 Å². The molecule has 1 aromatic rings. The van der Waals surface area contributed by atoms with E-state index in [1.807, 2.05) is 24.0 Å². The zero-order valence-electron chi connectivity index (χ0n) is 9.50. The Kier molecular flexibility index (Phi) is 5.21. The van der Waals surface area contributed by atoms with E-state index in [0.717, 1.165) is 26.2 Å². The van der Waals surface area contributed by atoms with Gasteiger partial charge in [0.05, 0.1) is 18.4 Å². The second-order valence-electron chi connectivity index (χ2n) is 3.91. The Labute approximate surface area is 102 Å². The van der Waals surface area contributed by atoms with Crippen LogP contribution in [0.3, 0.4) is 0 Å². The molecule has 0 saturated carbocycles. The molecule has 2 heterocycles. The smallest absolute Gasteiger partial charge is 0.0824 e. The summed E-state index contributed by atoms with van der Waals surface area (Å²) in [7, 11) is 1.97. The highest BCUT2D eigenvalue weighted by molar-refractivity contribution is 5.85. The number of morpholine rings is 1. The summed E-state index contributed by atoms with van der Waals surface area (Å²) >= 11 is 0. The van der Waals surface area contributed by atoms with Crippen molar-refractivity contribution >= 4 is 12.4 Å². The Bertz CT molecular complexity index is 318. The molecule has 0 spiro atoms. The molecule has 1 aromatic heterocycles. The first-order chi connectivity index (χ1) is 7.29. The largest absolute Gasteiger partial charge is 0.374 e. The summed E-state index contributed by atoms with van der Waals surface area (Å²) < 4.78 is 7.43. The van der Waals surface area contributed by atoms with Crippen LogP contribution in [0.25, 0.3) is 0 Å². The minimum Gasteiger partial charge on any atom is -0.374 e. The Balaban J connectivity index is 0.00000128. The molecule has 0 amide bonds. The molecule has 92 valence electrons. The maximum absolute atomic E-state index is 5.60. The number of nitrogens with zero attached hydrogens (tertiary/aromatic N) is 3. The van der Waals surface area contributed by atoms with Crippen LogP contribution in [0.15, 0.2) is 12.3 Å². The Morgan fingerprint density at radius 1 is 1.62 bits per heavy atom. The number of hydrogen-bond acceptors (Lipinski definition) is 4. The molecule has 1 aliphatic rings. The fraction of sp³-hybridized carbons (Fsp3) is 0.700. The third-order valence-electron chi connectivity index (χ3n) is 2.79. The van der Waals surface area contributed by atoms with Gasteiger partial charge in [0.15, 0.2) is 0 Å². The third kappa shape index (κ3) is 3.18. The number of nitrogens with two attached hydrogens (primary N) is 1. The lowest BCUT2D eigenvalue weighted by Gasteiger charge is -2.32. The molecular weight excluding hydrogens is 228 g/mol. The van der Waals surface area contributed by atoms with Gasteiger partial charge in [-0.3, -0.25) is 9.58 Å². The summed E-state index contributed by atoms with van der Waals surface area (Å²) in [4.78, 5) is 2.36. The number of hydrogen-bond donors (Lipinski definition) is 1. The second-order valence-corrected chi connectivity index (χ2v) is 3.91. The molecule has 0 bridgehead atoms. The fourth-order valence-corrected chi connectivity index (χ4v) is 1.85. The Morgan fingerprint density at radius 2 is 2.44 bits per heavy atom. The van der Waals surface area contributed by atoms with Gasteiger partial charge in [-0.15, -0.1) is 12.4 Å². The Hall–Kier alpha value is -0.620. The molecule has 0 aliphatic carbocycles. The normalized spacial score (nSPS) is 21.8. The summed E-state index contributed by atoms with van der Waals surface area (Å²) in [6.07, 6.45) is 2.02. The average molecular weight is 247 g/mol. The molecule has 1 fully saturated rings. The lowest BCUT2D eigenvalue weighted by Crippen LogP contribution is -2.45. The second kappa shape index (κ2) is 6.20. The summed E-state index contributed by atoms with van der Waals surface area (Å²) in [5, 5.41) is 4.16. The molecule has 1 unspecified atom stereocenters.